The summed E-state index contributed by atoms with van der Waals surface area (Å²) in [5.74, 6) is -1.18. The van der Waals surface area contributed by atoms with Crippen LogP contribution in [0, 0.1) is 0 Å². The van der Waals surface area contributed by atoms with Crippen molar-refractivity contribution in [2.24, 2.45) is 0 Å². The lowest BCUT2D eigenvalue weighted by Crippen LogP contribution is -2.36. The van der Waals surface area contributed by atoms with Gasteiger partial charge in [0.1, 0.15) is 0 Å². The van der Waals surface area contributed by atoms with Gasteiger partial charge in [0.25, 0.3) is 0 Å². The van der Waals surface area contributed by atoms with Gasteiger partial charge in [-0.25, -0.2) is 4.79 Å². The molecule has 15 heavy (non-hydrogen) atoms. The summed E-state index contributed by atoms with van der Waals surface area (Å²) in [6, 6.07) is 0. The Kier molecular flexibility index (Phi) is 7.05. The summed E-state index contributed by atoms with van der Waals surface area (Å²) in [6.07, 6.45) is 5.84. The van der Waals surface area contributed by atoms with Crippen LogP contribution in [0.15, 0.2) is 12.7 Å². The van der Waals surface area contributed by atoms with Crippen LogP contribution in [0.3, 0.4) is 0 Å². The molecular formula is C12H22O3. The van der Waals surface area contributed by atoms with Gasteiger partial charge in [-0.15, -0.1) is 0 Å². The molecule has 0 spiro atoms. The van der Waals surface area contributed by atoms with Gasteiger partial charge in [-0.3, -0.25) is 0 Å². The van der Waals surface area contributed by atoms with Crippen LogP contribution in [0.25, 0.3) is 0 Å². The topological polar surface area (TPSA) is 35.5 Å². The second-order valence-electron chi connectivity index (χ2n) is 3.55. The molecular weight excluding hydrogens is 192 g/mol. The van der Waals surface area contributed by atoms with Crippen LogP contribution in [0.2, 0.25) is 0 Å². The van der Waals surface area contributed by atoms with Crippen molar-refractivity contribution >= 4 is 5.97 Å². The Labute approximate surface area is 92.5 Å². The Morgan fingerprint density at radius 2 is 2.07 bits per heavy atom. The largest absolute Gasteiger partial charge is 0.430 e. The standard InChI is InChI=1S/C12H22O3/c1-5-8-9-10-12(7-3,14-4)15-11(13)6-2/h6H,2,5,7-10H2,1,3-4H3. The molecule has 0 aromatic heterocycles. The Hall–Kier alpha value is -0.830. The van der Waals surface area contributed by atoms with Crippen molar-refractivity contribution in [3.05, 3.63) is 12.7 Å². The highest BCUT2D eigenvalue weighted by molar-refractivity contribution is 5.81. The highest BCUT2D eigenvalue weighted by Gasteiger charge is 2.30. The lowest BCUT2D eigenvalue weighted by molar-refractivity contribution is -0.222. The minimum atomic E-state index is -0.763. The number of carbonyl (C=O) groups is 1. The molecule has 0 saturated heterocycles. The minimum absolute atomic E-state index is 0.421. The van der Waals surface area contributed by atoms with Crippen LogP contribution in [0.4, 0.5) is 0 Å². The van der Waals surface area contributed by atoms with E-state index < -0.39 is 11.8 Å². The number of rotatable bonds is 8. The van der Waals surface area contributed by atoms with Gasteiger partial charge in [0.05, 0.1) is 0 Å². The van der Waals surface area contributed by atoms with E-state index in [4.69, 9.17) is 9.47 Å². The average molecular weight is 214 g/mol. The van der Waals surface area contributed by atoms with Gasteiger partial charge in [0.15, 0.2) is 0 Å². The molecule has 0 N–H and O–H groups in total. The van der Waals surface area contributed by atoms with Gasteiger partial charge < -0.3 is 9.47 Å². The predicted molar refractivity (Wildman–Crippen MR) is 60.5 cm³/mol. The van der Waals surface area contributed by atoms with Crippen LogP contribution in [-0.4, -0.2) is 18.9 Å². The average Bonchev–Trinajstić information content (AvgIpc) is 2.27. The van der Waals surface area contributed by atoms with Gasteiger partial charge in [0.2, 0.25) is 5.79 Å². The molecule has 0 radical (unpaired) electrons. The number of ether oxygens (including phenoxy) is 2. The van der Waals surface area contributed by atoms with E-state index >= 15 is 0 Å². The zero-order valence-electron chi connectivity index (χ0n) is 10.0. The number of methoxy groups -OCH3 is 1. The van der Waals surface area contributed by atoms with Gasteiger partial charge in [-0.2, -0.15) is 0 Å². The lowest BCUT2D eigenvalue weighted by Gasteiger charge is -2.30. The van der Waals surface area contributed by atoms with Crippen molar-refractivity contribution in [2.75, 3.05) is 7.11 Å². The zero-order valence-corrected chi connectivity index (χ0v) is 10.0. The molecule has 0 aromatic carbocycles. The molecule has 0 bridgehead atoms. The van der Waals surface area contributed by atoms with Gasteiger partial charge in [-0.05, 0) is 6.42 Å². The Balaban J connectivity index is 4.28. The van der Waals surface area contributed by atoms with E-state index in [1.54, 1.807) is 7.11 Å². The van der Waals surface area contributed by atoms with Gasteiger partial charge >= 0.3 is 5.97 Å². The van der Waals surface area contributed by atoms with E-state index in [1.807, 2.05) is 6.92 Å². The Bertz CT molecular complexity index is 195. The van der Waals surface area contributed by atoms with Crippen molar-refractivity contribution in [1.82, 2.24) is 0 Å². The van der Waals surface area contributed by atoms with Crippen LogP contribution in [0.5, 0.6) is 0 Å². The van der Waals surface area contributed by atoms with Crippen molar-refractivity contribution < 1.29 is 14.3 Å². The molecule has 3 heteroatoms. The summed E-state index contributed by atoms with van der Waals surface area (Å²) in [4.78, 5) is 11.2. The summed E-state index contributed by atoms with van der Waals surface area (Å²) in [7, 11) is 1.58. The highest BCUT2D eigenvalue weighted by Crippen LogP contribution is 2.24. The molecule has 3 nitrogen and oxygen atoms in total. The number of esters is 1. The summed E-state index contributed by atoms with van der Waals surface area (Å²) < 4.78 is 10.6. The Morgan fingerprint density at radius 3 is 2.47 bits per heavy atom. The second-order valence-corrected chi connectivity index (χ2v) is 3.55. The maximum atomic E-state index is 11.2. The molecule has 0 aliphatic carbocycles. The predicted octanol–water partition coefficient (Wildman–Crippen LogP) is 3.05. The van der Waals surface area contributed by atoms with Crippen molar-refractivity contribution in [2.45, 2.75) is 51.7 Å². The molecule has 0 heterocycles. The first-order chi connectivity index (χ1) is 7.14. The van der Waals surface area contributed by atoms with E-state index in [9.17, 15) is 4.79 Å². The maximum Gasteiger partial charge on any atom is 0.332 e. The van der Waals surface area contributed by atoms with Gasteiger partial charge in [0, 0.05) is 26.0 Å². The molecule has 0 aromatic rings. The SMILES string of the molecule is C=CC(=O)OC(CC)(CCCCC)OC. The van der Waals surface area contributed by atoms with E-state index in [-0.39, 0.29) is 0 Å². The normalized spacial score (nSPS) is 14.3. The van der Waals surface area contributed by atoms with Crippen LogP contribution < -0.4 is 0 Å². The quantitative estimate of drug-likeness (QED) is 0.269. The molecule has 1 atom stereocenters. The number of hydrogen-bond donors (Lipinski definition) is 0. The fourth-order valence-corrected chi connectivity index (χ4v) is 1.46. The maximum absolute atomic E-state index is 11.2. The molecule has 1 unspecified atom stereocenters. The molecule has 0 fully saturated rings. The lowest BCUT2D eigenvalue weighted by atomic mass is 10.0. The smallest absolute Gasteiger partial charge is 0.332 e. The zero-order chi connectivity index (χ0) is 11.7. The monoisotopic (exact) mass is 214 g/mol. The van der Waals surface area contributed by atoms with Crippen LogP contribution in [-0.2, 0) is 14.3 Å². The number of hydrogen-bond acceptors (Lipinski definition) is 3. The third-order valence-electron chi connectivity index (χ3n) is 2.53. The van der Waals surface area contributed by atoms with Gasteiger partial charge in [-0.1, -0.05) is 33.3 Å². The summed E-state index contributed by atoms with van der Waals surface area (Å²) in [6.45, 7) is 7.47. The van der Waals surface area contributed by atoms with E-state index in [0.717, 1.165) is 25.7 Å². The summed E-state index contributed by atoms with van der Waals surface area (Å²) in [5, 5.41) is 0. The summed E-state index contributed by atoms with van der Waals surface area (Å²) in [5.41, 5.74) is 0. The highest BCUT2D eigenvalue weighted by atomic mass is 16.7. The van der Waals surface area contributed by atoms with Crippen LogP contribution in [0.1, 0.15) is 46.0 Å². The molecule has 0 aliphatic rings. The molecule has 0 amide bonds. The third kappa shape index (κ3) is 4.98. The van der Waals surface area contributed by atoms with Crippen molar-refractivity contribution in [1.29, 1.82) is 0 Å². The third-order valence-corrected chi connectivity index (χ3v) is 2.53. The van der Waals surface area contributed by atoms with Crippen molar-refractivity contribution in [3.63, 3.8) is 0 Å². The Morgan fingerprint density at radius 1 is 1.40 bits per heavy atom. The molecule has 88 valence electrons. The molecule has 0 rings (SSSR count). The van der Waals surface area contributed by atoms with E-state index in [0.29, 0.717) is 6.42 Å². The molecule has 0 saturated carbocycles. The first-order valence-corrected chi connectivity index (χ1v) is 5.54. The number of unbranched alkanes of at least 4 members (excludes halogenated alkanes) is 2. The first-order valence-electron chi connectivity index (χ1n) is 5.54. The van der Waals surface area contributed by atoms with Crippen molar-refractivity contribution in [3.8, 4) is 0 Å². The first kappa shape index (κ1) is 14.2. The van der Waals surface area contributed by atoms with E-state index in [2.05, 4.69) is 13.5 Å². The van der Waals surface area contributed by atoms with Crippen LogP contribution >= 0.6 is 0 Å². The fraction of sp³-hybridized carbons (Fsp3) is 0.750. The fourth-order valence-electron chi connectivity index (χ4n) is 1.46. The second kappa shape index (κ2) is 7.46. The van der Waals surface area contributed by atoms with E-state index in [1.165, 1.54) is 6.08 Å². The number of carbonyl (C=O) groups excluding carboxylic acids is 1. The summed E-state index contributed by atoms with van der Waals surface area (Å²) >= 11 is 0. The molecule has 0 aliphatic heterocycles. The minimum Gasteiger partial charge on any atom is -0.430 e.